The van der Waals surface area contributed by atoms with Crippen LogP contribution in [0.25, 0.3) is 0 Å². The molecule has 1 aromatic carbocycles. The Bertz CT molecular complexity index is 276. The maximum absolute atomic E-state index is 10.9. The van der Waals surface area contributed by atoms with E-state index >= 15 is 0 Å². The zero-order valence-electron chi connectivity index (χ0n) is 6.51. The molecule has 0 unspecified atom stereocenters. The van der Waals surface area contributed by atoms with Gasteiger partial charge in [0.05, 0.1) is 6.26 Å². The Morgan fingerprint density at radius 3 is 2.67 bits per heavy atom. The number of halogens is 2. The molecule has 0 aromatic heterocycles. The van der Waals surface area contributed by atoms with Crippen molar-refractivity contribution in [3.05, 3.63) is 33.8 Å². The van der Waals surface area contributed by atoms with Crippen LogP contribution < -0.4 is 0 Å². The topological polar surface area (TPSA) is 23.1 Å². The van der Waals surface area contributed by atoms with E-state index in [2.05, 4.69) is 0 Å². The van der Waals surface area contributed by atoms with E-state index in [1.54, 1.807) is 24.5 Å². The normalized spacial score (nSPS) is 13.0. The van der Waals surface area contributed by atoms with Crippen molar-refractivity contribution in [2.75, 3.05) is 6.26 Å². The van der Waals surface area contributed by atoms with Crippen LogP contribution in [0.3, 0.4) is 0 Å². The summed E-state index contributed by atoms with van der Waals surface area (Å²) in [5.74, 6) is 0.458. The van der Waals surface area contributed by atoms with Gasteiger partial charge < -0.3 is 4.55 Å². The summed E-state index contributed by atoms with van der Waals surface area (Å²) in [7, 11) is 0. The van der Waals surface area contributed by atoms with Gasteiger partial charge in [0.1, 0.15) is 5.75 Å². The van der Waals surface area contributed by atoms with Gasteiger partial charge in [-0.15, -0.1) is 0 Å². The number of benzene rings is 1. The summed E-state index contributed by atoms with van der Waals surface area (Å²) in [5, 5.41) is 1.24. The monoisotopic (exact) mass is 222 g/mol. The molecular weight excluding hydrogens is 215 g/mol. The zero-order valence-corrected chi connectivity index (χ0v) is 8.84. The number of rotatable bonds is 2. The Labute approximate surface area is 84.9 Å². The molecule has 0 amide bonds. The second kappa shape index (κ2) is 4.38. The van der Waals surface area contributed by atoms with Crippen LogP contribution in [0.5, 0.6) is 0 Å². The Morgan fingerprint density at radius 1 is 1.42 bits per heavy atom. The minimum absolute atomic E-state index is 0.458. The molecule has 12 heavy (non-hydrogen) atoms. The lowest BCUT2D eigenvalue weighted by Crippen LogP contribution is -2.01. The Balaban J connectivity index is 2.90. The molecular formula is C8H8Cl2OS. The third-order valence-electron chi connectivity index (χ3n) is 1.37. The van der Waals surface area contributed by atoms with Gasteiger partial charge >= 0.3 is 0 Å². The molecule has 0 aliphatic rings. The predicted molar refractivity (Wildman–Crippen MR) is 54.2 cm³/mol. The van der Waals surface area contributed by atoms with Crippen molar-refractivity contribution in [3.63, 3.8) is 0 Å². The van der Waals surface area contributed by atoms with E-state index in [0.717, 1.165) is 5.56 Å². The summed E-state index contributed by atoms with van der Waals surface area (Å²) >= 11 is 10.7. The largest absolute Gasteiger partial charge is 0.616 e. The first kappa shape index (κ1) is 10.2. The van der Waals surface area contributed by atoms with Crippen molar-refractivity contribution in [1.29, 1.82) is 0 Å². The standard InChI is InChI=1S/C8H8Cl2OS/c1-12(11)5-6-4-7(9)2-3-8(6)10/h2-4H,5H2,1H3/t12-/m0/s1. The first-order valence-electron chi connectivity index (χ1n) is 3.33. The minimum atomic E-state index is -0.878. The third-order valence-corrected chi connectivity index (χ3v) is 2.69. The molecule has 0 saturated carbocycles. The quantitative estimate of drug-likeness (QED) is 0.707. The van der Waals surface area contributed by atoms with Crippen LogP contribution >= 0.6 is 23.2 Å². The molecule has 1 atom stereocenters. The van der Waals surface area contributed by atoms with Gasteiger partial charge in [-0.2, -0.15) is 0 Å². The lowest BCUT2D eigenvalue weighted by molar-refractivity contribution is 0.600. The molecule has 1 aromatic rings. The van der Waals surface area contributed by atoms with Crippen LogP contribution in [0, 0.1) is 0 Å². The average molecular weight is 223 g/mol. The summed E-state index contributed by atoms with van der Waals surface area (Å²) in [6, 6.07) is 5.17. The smallest absolute Gasteiger partial charge is 0.131 e. The van der Waals surface area contributed by atoms with Gasteiger partial charge in [0.2, 0.25) is 0 Å². The summed E-state index contributed by atoms with van der Waals surface area (Å²) < 4.78 is 10.9. The highest BCUT2D eigenvalue weighted by Crippen LogP contribution is 2.22. The number of hydrogen-bond donors (Lipinski definition) is 0. The highest BCUT2D eigenvalue weighted by molar-refractivity contribution is 7.89. The molecule has 0 aliphatic heterocycles. The molecule has 66 valence electrons. The SMILES string of the molecule is C[S@+]([O-])Cc1cc(Cl)ccc1Cl. The molecule has 0 fully saturated rings. The van der Waals surface area contributed by atoms with Crippen molar-refractivity contribution in [3.8, 4) is 0 Å². The first-order valence-corrected chi connectivity index (χ1v) is 5.82. The fourth-order valence-electron chi connectivity index (χ4n) is 0.873. The fraction of sp³-hybridized carbons (Fsp3) is 0.250. The van der Waals surface area contributed by atoms with Gasteiger partial charge in [-0.05, 0) is 18.2 Å². The molecule has 1 rings (SSSR count). The molecule has 0 radical (unpaired) electrons. The van der Waals surface area contributed by atoms with E-state index < -0.39 is 11.2 Å². The molecule has 0 bridgehead atoms. The third kappa shape index (κ3) is 2.87. The second-order valence-corrected chi connectivity index (χ2v) is 4.73. The Hall–Kier alpha value is 0.110. The lowest BCUT2D eigenvalue weighted by Gasteiger charge is -2.06. The average Bonchev–Trinajstić information content (AvgIpc) is 1.96. The van der Waals surface area contributed by atoms with E-state index in [1.165, 1.54) is 0 Å². The highest BCUT2D eigenvalue weighted by Gasteiger charge is 2.06. The van der Waals surface area contributed by atoms with Gasteiger partial charge in [0.25, 0.3) is 0 Å². The maximum Gasteiger partial charge on any atom is 0.131 e. The predicted octanol–water partition coefficient (Wildman–Crippen LogP) is 2.87. The molecule has 1 nitrogen and oxygen atoms in total. The van der Waals surface area contributed by atoms with Crippen LogP contribution in [0.15, 0.2) is 18.2 Å². The van der Waals surface area contributed by atoms with Gasteiger partial charge in [0.15, 0.2) is 0 Å². The first-order chi connectivity index (χ1) is 5.59. The highest BCUT2D eigenvalue weighted by atomic mass is 35.5. The van der Waals surface area contributed by atoms with Crippen molar-refractivity contribution in [1.82, 2.24) is 0 Å². The number of hydrogen-bond acceptors (Lipinski definition) is 1. The Kier molecular flexibility index (Phi) is 3.72. The molecule has 0 heterocycles. The summed E-state index contributed by atoms with van der Waals surface area (Å²) in [5.41, 5.74) is 0.838. The second-order valence-electron chi connectivity index (χ2n) is 2.45. The van der Waals surface area contributed by atoms with Crippen molar-refractivity contribution in [2.24, 2.45) is 0 Å². The summed E-state index contributed by atoms with van der Waals surface area (Å²) in [6.07, 6.45) is 1.64. The van der Waals surface area contributed by atoms with Crippen molar-refractivity contribution < 1.29 is 4.55 Å². The van der Waals surface area contributed by atoms with Gasteiger partial charge in [-0.3, -0.25) is 0 Å². The van der Waals surface area contributed by atoms with E-state index in [-0.39, 0.29) is 0 Å². The Morgan fingerprint density at radius 2 is 2.08 bits per heavy atom. The van der Waals surface area contributed by atoms with Crippen LogP contribution in [-0.2, 0) is 16.9 Å². The van der Waals surface area contributed by atoms with Crippen LogP contribution in [0.4, 0.5) is 0 Å². The molecule has 0 spiro atoms. The molecule has 0 saturated heterocycles. The lowest BCUT2D eigenvalue weighted by atomic mass is 10.2. The van der Waals surface area contributed by atoms with Gasteiger partial charge in [-0.25, -0.2) is 0 Å². The van der Waals surface area contributed by atoms with E-state index in [4.69, 9.17) is 23.2 Å². The summed E-state index contributed by atoms with van der Waals surface area (Å²) in [6.45, 7) is 0. The molecule has 0 N–H and O–H groups in total. The van der Waals surface area contributed by atoms with Crippen LogP contribution in [0.2, 0.25) is 10.0 Å². The minimum Gasteiger partial charge on any atom is -0.616 e. The van der Waals surface area contributed by atoms with Crippen LogP contribution in [-0.4, -0.2) is 10.8 Å². The molecule has 0 aliphatic carbocycles. The summed E-state index contributed by atoms with van der Waals surface area (Å²) in [4.78, 5) is 0. The van der Waals surface area contributed by atoms with E-state index in [9.17, 15) is 4.55 Å². The van der Waals surface area contributed by atoms with Crippen LogP contribution in [0.1, 0.15) is 5.56 Å². The van der Waals surface area contributed by atoms with Gasteiger partial charge in [-0.1, -0.05) is 34.4 Å². The van der Waals surface area contributed by atoms with E-state index in [1.807, 2.05) is 0 Å². The molecule has 4 heteroatoms. The van der Waals surface area contributed by atoms with Crippen molar-refractivity contribution in [2.45, 2.75) is 5.75 Å². The van der Waals surface area contributed by atoms with Gasteiger partial charge in [0, 0.05) is 15.6 Å². The van der Waals surface area contributed by atoms with Crippen molar-refractivity contribution >= 4 is 34.4 Å². The van der Waals surface area contributed by atoms with E-state index in [0.29, 0.717) is 15.8 Å². The fourth-order valence-corrected chi connectivity index (χ4v) is 2.01. The maximum atomic E-state index is 10.9. The zero-order chi connectivity index (χ0) is 9.14.